The van der Waals surface area contributed by atoms with Crippen LogP contribution in [0, 0.1) is 11.3 Å². The lowest BCUT2D eigenvalue weighted by Crippen LogP contribution is -2.31. The summed E-state index contributed by atoms with van der Waals surface area (Å²) in [5, 5.41) is 29.3. The summed E-state index contributed by atoms with van der Waals surface area (Å²) < 4.78 is 0. The Morgan fingerprint density at radius 3 is 2.20 bits per heavy atom. The number of rotatable bonds is 0. The Balaban J connectivity index is 2.64. The third kappa shape index (κ3) is 0.991. The van der Waals surface area contributed by atoms with E-state index in [2.05, 4.69) is 5.32 Å². The SMILES string of the molecule is C[C@@H]1N[C@@H](C#N)[C@H](O)[C@@H]1O. The third-order valence-corrected chi connectivity index (χ3v) is 1.79. The van der Waals surface area contributed by atoms with Crippen molar-refractivity contribution in [3.63, 3.8) is 0 Å². The lowest BCUT2D eigenvalue weighted by molar-refractivity contribution is 0.0367. The number of nitrogens with one attached hydrogen (secondary N) is 1. The van der Waals surface area contributed by atoms with Gasteiger partial charge in [0.1, 0.15) is 12.1 Å². The van der Waals surface area contributed by atoms with Crippen molar-refractivity contribution in [1.29, 1.82) is 5.26 Å². The van der Waals surface area contributed by atoms with Crippen LogP contribution >= 0.6 is 0 Å². The fourth-order valence-corrected chi connectivity index (χ4v) is 1.09. The Labute approximate surface area is 59.1 Å². The summed E-state index contributed by atoms with van der Waals surface area (Å²) in [5.41, 5.74) is 0. The molecule has 4 atom stereocenters. The van der Waals surface area contributed by atoms with Gasteiger partial charge in [0.25, 0.3) is 0 Å². The van der Waals surface area contributed by atoms with Crippen LogP contribution in [0.3, 0.4) is 0 Å². The largest absolute Gasteiger partial charge is 0.389 e. The Bertz CT molecular complexity index is 166. The number of nitriles is 1. The van der Waals surface area contributed by atoms with Crippen molar-refractivity contribution in [1.82, 2.24) is 5.32 Å². The van der Waals surface area contributed by atoms with Gasteiger partial charge in [0.15, 0.2) is 0 Å². The van der Waals surface area contributed by atoms with Gasteiger partial charge in [0, 0.05) is 6.04 Å². The highest BCUT2D eigenvalue weighted by molar-refractivity contribution is 5.06. The number of aliphatic hydroxyl groups excluding tert-OH is 2. The molecular formula is C6H10N2O2. The average molecular weight is 142 g/mol. The molecule has 3 N–H and O–H groups in total. The maximum Gasteiger partial charge on any atom is 0.124 e. The summed E-state index contributed by atoms with van der Waals surface area (Å²) in [4.78, 5) is 0. The Kier molecular flexibility index (Phi) is 1.90. The van der Waals surface area contributed by atoms with E-state index in [1.807, 2.05) is 6.07 Å². The second-order valence-electron chi connectivity index (χ2n) is 2.54. The molecule has 0 spiro atoms. The predicted octanol–water partition coefficient (Wildman–Crippen LogP) is -1.41. The average Bonchev–Trinajstić information content (AvgIpc) is 2.17. The fourth-order valence-electron chi connectivity index (χ4n) is 1.09. The van der Waals surface area contributed by atoms with Gasteiger partial charge in [-0.1, -0.05) is 0 Å². The molecule has 0 aliphatic carbocycles. The number of nitrogens with zero attached hydrogens (tertiary/aromatic N) is 1. The highest BCUT2D eigenvalue weighted by Crippen LogP contribution is 2.12. The molecule has 1 saturated heterocycles. The van der Waals surface area contributed by atoms with E-state index in [0.29, 0.717) is 0 Å². The summed E-state index contributed by atoms with van der Waals surface area (Å²) >= 11 is 0. The molecule has 1 heterocycles. The quantitative estimate of drug-likeness (QED) is 0.388. The van der Waals surface area contributed by atoms with Gasteiger partial charge in [-0.05, 0) is 6.92 Å². The summed E-state index contributed by atoms with van der Waals surface area (Å²) in [5.74, 6) is 0. The first-order valence-corrected chi connectivity index (χ1v) is 3.18. The van der Waals surface area contributed by atoms with E-state index >= 15 is 0 Å². The van der Waals surface area contributed by atoms with E-state index in [0.717, 1.165) is 0 Å². The molecule has 1 aliphatic rings. The molecule has 0 aromatic carbocycles. The summed E-state index contributed by atoms with van der Waals surface area (Å²) in [6.45, 7) is 1.73. The summed E-state index contributed by atoms with van der Waals surface area (Å²) in [7, 11) is 0. The van der Waals surface area contributed by atoms with E-state index in [9.17, 15) is 0 Å². The Morgan fingerprint density at radius 1 is 1.40 bits per heavy atom. The summed E-state index contributed by atoms with van der Waals surface area (Å²) in [6, 6.07) is 1.04. The van der Waals surface area contributed by atoms with Gasteiger partial charge in [-0.3, -0.25) is 5.32 Å². The topological polar surface area (TPSA) is 76.3 Å². The van der Waals surface area contributed by atoms with E-state index in [1.165, 1.54) is 0 Å². The molecule has 1 aliphatic heterocycles. The van der Waals surface area contributed by atoms with Crippen LogP contribution in [0.1, 0.15) is 6.92 Å². The monoisotopic (exact) mass is 142 g/mol. The van der Waals surface area contributed by atoms with Gasteiger partial charge in [0.05, 0.1) is 12.2 Å². The number of hydrogen-bond donors (Lipinski definition) is 3. The van der Waals surface area contributed by atoms with Crippen LogP contribution in [-0.2, 0) is 0 Å². The smallest absolute Gasteiger partial charge is 0.124 e. The first-order chi connectivity index (χ1) is 4.66. The molecule has 0 aromatic heterocycles. The van der Waals surface area contributed by atoms with E-state index < -0.39 is 18.2 Å². The molecule has 0 unspecified atom stereocenters. The normalized spacial score (nSPS) is 47.0. The van der Waals surface area contributed by atoms with Crippen molar-refractivity contribution >= 4 is 0 Å². The van der Waals surface area contributed by atoms with E-state index in [-0.39, 0.29) is 6.04 Å². The van der Waals surface area contributed by atoms with Gasteiger partial charge < -0.3 is 10.2 Å². The molecule has 0 saturated carbocycles. The maximum atomic E-state index is 9.10. The summed E-state index contributed by atoms with van der Waals surface area (Å²) in [6.07, 6.45) is -1.76. The zero-order chi connectivity index (χ0) is 7.72. The van der Waals surface area contributed by atoms with Crippen molar-refractivity contribution in [2.24, 2.45) is 0 Å². The first kappa shape index (κ1) is 7.48. The third-order valence-electron chi connectivity index (χ3n) is 1.79. The lowest BCUT2D eigenvalue weighted by Gasteiger charge is -2.09. The molecule has 4 nitrogen and oxygen atoms in total. The molecule has 0 bridgehead atoms. The molecule has 0 radical (unpaired) electrons. The van der Waals surface area contributed by atoms with Crippen LogP contribution in [0.5, 0.6) is 0 Å². The minimum Gasteiger partial charge on any atom is -0.389 e. The van der Waals surface area contributed by atoms with Crippen molar-refractivity contribution < 1.29 is 10.2 Å². The van der Waals surface area contributed by atoms with E-state index in [1.54, 1.807) is 6.92 Å². The second-order valence-corrected chi connectivity index (χ2v) is 2.54. The van der Waals surface area contributed by atoms with Crippen LogP contribution < -0.4 is 5.32 Å². The zero-order valence-corrected chi connectivity index (χ0v) is 5.65. The first-order valence-electron chi connectivity index (χ1n) is 3.18. The number of hydrogen-bond acceptors (Lipinski definition) is 4. The van der Waals surface area contributed by atoms with Crippen molar-refractivity contribution in [2.75, 3.05) is 0 Å². The minimum atomic E-state index is -0.944. The fraction of sp³-hybridized carbons (Fsp3) is 0.833. The molecule has 10 heavy (non-hydrogen) atoms. The Hall–Kier alpha value is -0.630. The van der Waals surface area contributed by atoms with Crippen LogP contribution in [-0.4, -0.2) is 34.5 Å². The van der Waals surface area contributed by atoms with Crippen molar-refractivity contribution in [2.45, 2.75) is 31.2 Å². The predicted molar refractivity (Wildman–Crippen MR) is 34.0 cm³/mol. The molecule has 1 rings (SSSR count). The van der Waals surface area contributed by atoms with Gasteiger partial charge in [0.2, 0.25) is 0 Å². The van der Waals surface area contributed by atoms with E-state index in [4.69, 9.17) is 15.5 Å². The van der Waals surface area contributed by atoms with Gasteiger partial charge in [-0.25, -0.2) is 0 Å². The van der Waals surface area contributed by atoms with Crippen LogP contribution in [0.4, 0.5) is 0 Å². The minimum absolute atomic E-state index is 0.195. The van der Waals surface area contributed by atoms with Gasteiger partial charge in [-0.2, -0.15) is 5.26 Å². The highest BCUT2D eigenvalue weighted by Gasteiger charge is 2.38. The van der Waals surface area contributed by atoms with Crippen molar-refractivity contribution in [3.8, 4) is 6.07 Å². The molecule has 56 valence electrons. The molecule has 0 amide bonds. The van der Waals surface area contributed by atoms with Gasteiger partial charge in [-0.15, -0.1) is 0 Å². The van der Waals surface area contributed by atoms with Crippen LogP contribution in [0.25, 0.3) is 0 Å². The standard InChI is InChI=1S/C6H10N2O2/c1-3-5(9)6(10)4(2-7)8-3/h3-6,8-10H,1H3/t3-,4-,5+,6-/m0/s1. The maximum absolute atomic E-state index is 9.10. The second kappa shape index (κ2) is 2.54. The molecular weight excluding hydrogens is 132 g/mol. The molecule has 0 aromatic rings. The Morgan fingerprint density at radius 2 is 2.00 bits per heavy atom. The lowest BCUT2D eigenvalue weighted by atomic mass is 10.1. The molecule has 4 heteroatoms. The van der Waals surface area contributed by atoms with Crippen molar-refractivity contribution in [3.05, 3.63) is 0 Å². The van der Waals surface area contributed by atoms with Gasteiger partial charge >= 0.3 is 0 Å². The van der Waals surface area contributed by atoms with Crippen LogP contribution in [0.15, 0.2) is 0 Å². The van der Waals surface area contributed by atoms with Crippen LogP contribution in [0.2, 0.25) is 0 Å². The zero-order valence-electron chi connectivity index (χ0n) is 5.65. The highest BCUT2D eigenvalue weighted by atomic mass is 16.3. The number of aliphatic hydroxyl groups is 2. The molecule has 1 fully saturated rings.